The van der Waals surface area contributed by atoms with E-state index in [1.54, 1.807) is 0 Å². The molecule has 0 aliphatic rings. The van der Waals surface area contributed by atoms with Gasteiger partial charge < -0.3 is 9.73 Å². The van der Waals surface area contributed by atoms with Gasteiger partial charge in [0.15, 0.2) is 5.76 Å². The molecule has 3 heterocycles. The van der Waals surface area contributed by atoms with Gasteiger partial charge in [0.25, 0.3) is 0 Å². The summed E-state index contributed by atoms with van der Waals surface area (Å²) in [6, 6.07) is 3.93. The van der Waals surface area contributed by atoms with Gasteiger partial charge in [0.1, 0.15) is 11.5 Å². The van der Waals surface area contributed by atoms with Crippen LogP contribution < -0.4 is 5.32 Å². The van der Waals surface area contributed by atoms with Crippen LogP contribution >= 0.6 is 0 Å². The van der Waals surface area contributed by atoms with Crippen molar-refractivity contribution < 1.29 is 4.42 Å². The maximum Gasteiger partial charge on any atom is 0.152 e. The van der Waals surface area contributed by atoms with E-state index in [4.69, 9.17) is 4.42 Å². The summed E-state index contributed by atoms with van der Waals surface area (Å²) in [6.07, 6.45) is 2.82. The number of nitrogens with one attached hydrogen (secondary N) is 2. The lowest BCUT2D eigenvalue weighted by molar-refractivity contribution is 0.545. The molecule has 3 aromatic heterocycles. The second-order valence-electron chi connectivity index (χ2n) is 5.88. The smallest absolute Gasteiger partial charge is 0.152 e. The van der Waals surface area contributed by atoms with Crippen LogP contribution in [0, 0.1) is 20.8 Å². The number of aryl methyl sites for hydroxylation is 3. The maximum atomic E-state index is 5.67. The molecule has 0 aliphatic carbocycles. The summed E-state index contributed by atoms with van der Waals surface area (Å²) in [5.41, 5.74) is 5.73. The average Bonchev–Trinajstić information content (AvgIpc) is 3.19. The van der Waals surface area contributed by atoms with Crippen molar-refractivity contribution in [3.8, 4) is 11.5 Å². The first-order chi connectivity index (χ1) is 11.1. The minimum absolute atomic E-state index is 0.754. The molecule has 2 N–H and O–H groups in total. The second kappa shape index (κ2) is 6.42. The molecule has 6 heteroatoms. The third-order valence-corrected chi connectivity index (χ3v) is 4.23. The van der Waals surface area contributed by atoms with E-state index in [2.05, 4.69) is 34.5 Å². The van der Waals surface area contributed by atoms with E-state index in [1.807, 2.05) is 37.0 Å². The maximum absolute atomic E-state index is 5.67. The van der Waals surface area contributed by atoms with Gasteiger partial charge in [-0.3, -0.25) is 9.78 Å². The molecule has 0 radical (unpaired) electrons. The van der Waals surface area contributed by atoms with E-state index in [-0.39, 0.29) is 0 Å². The second-order valence-corrected chi connectivity index (χ2v) is 5.88. The fraction of sp³-hybridized carbons (Fsp3) is 0.412. The van der Waals surface area contributed by atoms with E-state index >= 15 is 0 Å². The highest BCUT2D eigenvalue weighted by atomic mass is 16.3. The molecule has 3 aromatic rings. The third kappa shape index (κ3) is 3.22. The molecular weight excluding hydrogens is 290 g/mol. The number of rotatable bonds is 6. The molecule has 0 unspecified atom stereocenters. The highest BCUT2D eigenvalue weighted by molar-refractivity contribution is 5.56. The van der Waals surface area contributed by atoms with Crippen LogP contribution in [-0.4, -0.2) is 26.5 Å². The molecule has 0 aromatic carbocycles. The molecule has 0 amide bonds. The minimum Gasteiger partial charge on any atom is -0.460 e. The standard InChI is InChI=1S/C17H23N5O/c1-11-5-6-16(23-11)17-14(10-19-20-17)9-18-8-7-15-12(2)21-22(4)13(15)3/h5-6,10,18H,7-9H2,1-4H3,(H,19,20). The van der Waals surface area contributed by atoms with Gasteiger partial charge in [-0.25, -0.2) is 0 Å². The van der Waals surface area contributed by atoms with E-state index in [9.17, 15) is 0 Å². The van der Waals surface area contributed by atoms with Crippen LogP contribution in [0.4, 0.5) is 0 Å². The minimum atomic E-state index is 0.754. The number of furan rings is 1. The number of nitrogens with zero attached hydrogens (tertiary/aromatic N) is 3. The van der Waals surface area contributed by atoms with Crippen molar-refractivity contribution in [2.75, 3.05) is 6.54 Å². The van der Waals surface area contributed by atoms with Gasteiger partial charge in [-0.15, -0.1) is 0 Å². The molecular formula is C17H23N5O. The molecule has 6 nitrogen and oxygen atoms in total. The molecule has 23 heavy (non-hydrogen) atoms. The molecule has 0 spiro atoms. The largest absolute Gasteiger partial charge is 0.460 e. The fourth-order valence-electron chi connectivity index (χ4n) is 2.84. The van der Waals surface area contributed by atoms with Gasteiger partial charge in [-0.1, -0.05) is 0 Å². The van der Waals surface area contributed by atoms with Crippen molar-refractivity contribution in [3.63, 3.8) is 0 Å². The van der Waals surface area contributed by atoms with Gasteiger partial charge >= 0.3 is 0 Å². The summed E-state index contributed by atoms with van der Waals surface area (Å²) in [5.74, 6) is 1.73. The summed E-state index contributed by atoms with van der Waals surface area (Å²) in [4.78, 5) is 0. The number of aromatic amines is 1. The quantitative estimate of drug-likeness (QED) is 0.686. The van der Waals surface area contributed by atoms with E-state index in [1.165, 1.54) is 11.3 Å². The molecule has 0 saturated heterocycles. The van der Waals surface area contributed by atoms with Crippen molar-refractivity contribution in [1.82, 2.24) is 25.3 Å². The Bertz CT molecular complexity index is 796. The fourth-order valence-corrected chi connectivity index (χ4v) is 2.84. The van der Waals surface area contributed by atoms with E-state index < -0.39 is 0 Å². The van der Waals surface area contributed by atoms with Gasteiger partial charge in [0.2, 0.25) is 0 Å². The number of aromatic nitrogens is 4. The predicted octanol–water partition coefficient (Wildman–Crippen LogP) is 2.66. The van der Waals surface area contributed by atoms with Gasteiger partial charge in [-0.2, -0.15) is 10.2 Å². The van der Waals surface area contributed by atoms with Crippen LogP contribution in [0.1, 0.15) is 28.3 Å². The van der Waals surface area contributed by atoms with Crippen molar-refractivity contribution in [3.05, 3.63) is 46.6 Å². The number of hydrogen-bond acceptors (Lipinski definition) is 4. The Kier molecular flexibility index (Phi) is 4.34. The summed E-state index contributed by atoms with van der Waals surface area (Å²) in [5, 5.41) is 15.1. The molecule has 122 valence electrons. The summed E-state index contributed by atoms with van der Waals surface area (Å²) >= 11 is 0. The summed E-state index contributed by atoms with van der Waals surface area (Å²) < 4.78 is 7.61. The van der Waals surface area contributed by atoms with Gasteiger partial charge in [-0.05, 0) is 51.4 Å². The lowest BCUT2D eigenvalue weighted by atomic mass is 10.1. The molecule has 0 atom stereocenters. The van der Waals surface area contributed by atoms with E-state index in [0.29, 0.717) is 0 Å². The molecule has 0 aliphatic heterocycles. The van der Waals surface area contributed by atoms with Gasteiger partial charge in [0, 0.05) is 24.8 Å². The highest BCUT2D eigenvalue weighted by Gasteiger charge is 2.12. The Morgan fingerprint density at radius 1 is 1.26 bits per heavy atom. The van der Waals surface area contributed by atoms with Crippen LogP contribution in [-0.2, 0) is 20.0 Å². The monoisotopic (exact) mass is 313 g/mol. The molecule has 0 saturated carbocycles. The Labute approximate surface area is 135 Å². The third-order valence-electron chi connectivity index (χ3n) is 4.23. The first-order valence-corrected chi connectivity index (χ1v) is 7.85. The van der Waals surface area contributed by atoms with Crippen LogP contribution in [0.3, 0.4) is 0 Å². The zero-order valence-corrected chi connectivity index (χ0v) is 14.1. The van der Waals surface area contributed by atoms with Crippen molar-refractivity contribution >= 4 is 0 Å². The van der Waals surface area contributed by atoms with Crippen LogP contribution in [0.5, 0.6) is 0 Å². The summed E-state index contributed by atoms with van der Waals surface area (Å²) in [7, 11) is 1.99. The molecule has 3 rings (SSSR count). The Balaban J connectivity index is 1.59. The van der Waals surface area contributed by atoms with Gasteiger partial charge in [0.05, 0.1) is 11.9 Å². The zero-order valence-electron chi connectivity index (χ0n) is 14.1. The first-order valence-electron chi connectivity index (χ1n) is 7.85. The molecule has 0 bridgehead atoms. The van der Waals surface area contributed by atoms with Crippen molar-refractivity contribution in [2.24, 2.45) is 7.05 Å². The Morgan fingerprint density at radius 2 is 2.09 bits per heavy atom. The average molecular weight is 313 g/mol. The number of hydrogen-bond donors (Lipinski definition) is 2. The first kappa shape index (κ1) is 15.6. The topological polar surface area (TPSA) is 71.7 Å². The van der Waals surface area contributed by atoms with Crippen LogP contribution in [0.2, 0.25) is 0 Å². The highest BCUT2D eigenvalue weighted by Crippen LogP contribution is 2.23. The Hall–Kier alpha value is -2.34. The van der Waals surface area contributed by atoms with Crippen LogP contribution in [0.15, 0.2) is 22.7 Å². The van der Waals surface area contributed by atoms with E-state index in [0.717, 1.165) is 48.0 Å². The molecule has 0 fully saturated rings. The summed E-state index contributed by atoms with van der Waals surface area (Å²) in [6.45, 7) is 7.77. The Morgan fingerprint density at radius 3 is 2.74 bits per heavy atom. The SMILES string of the molecule is Cc1ccc(-c2[nH]ncc2CNCCc2c(C)nn(C)c2C)o1. The predicted molar refractivity (Wildman–Crippen MR) is 89.1 cm³/mol. The lowest BCUT2D eigenvalue weighted by Crippen LogP contribution is -2.17. The number of H-pyrrole nitrogens is 1. The van der Waals surface area contributed by atoms with Crippen molar-refractivity contribution in [1.29, 1.82) is 0 Å². The lowest BCUT2D eigenvalue weighted by Gasteiger charge is -2.05. The normalized spacial score (nSPS) is 11.3. The van der Waals surface area contributed by atoms with Crippen LogP contribution in [0.25, 0.3) is 11.5 Å². The zero-order chi connectivity index (χ0) is 16.4. The van der Waals surface area contributed by atoms with Crippen molar-refractivity contribution in [2.45, 2.75) is 33.7 Å².